The van der Waals surface area contributed by atoms with Gasteiger partial charge in [0.2, 0.25) is 0 Å². The Hall–Kier alpha value is -2.12. The maximum absolute atomic E-state index is 13.6. The van der Waals surface area contributed by atoms with Crippen molar-refractivity contribution in [3.05, 3.63) is 34.1 Å². The molecule has 4 nitrogen and oxygen atoms in total. The number of benzene rings is 1. The Morgan fingerprint density at radius 2 is 2.05 bits per heavy atom. The van der Waals surface area contributed by atoms with Crippen molar-refractivity contribution in [3.8, 4) is 0 Å². The summed E-state index contributed by atoms with van der Waals surface area (Å²) < 4.78 is 49.7. The van der Waals surface area contributed by atoms with Gasteiger partial charge < -0.3 is 10.3 Å². The summed E-state index contributed by atoms with van der Waals surface area (Å²) in [6, 6.07) is 1.94. The number of aromatic amines is 1. The first-order chi connectivity index (χ1) is 8.76. The van der Waals surface area contributed by atoms with Crippen molar-refractivity contribution in [2.45, 2.75) is 13.1 Å². The minimum absolute atomic E-state index is 0.0247. The number of aromatic nitrogens is 2. The number of halogens is 4. The lowest BCUT2D eigenvalue weighted by molar-refractivity contribution is -0.115. The first kappa shape index (κ1) is 13.3. The van der Waals surface area contributed by atoms with Gasteiger partial charge in [0.25, 0.3) is 5.56 Å². The smallest absolute Gasteiger partial charge is 0.374 e. The lowest BCUT2D eigenvalue weighted by atomic mass is 10.2. The second kappa shape index (κ2) is 4.52. The molecule has 0 saturated heterocycles. The fraction of sp³-hybridized carbons (Fsp3) is 0.273. The first-order valence-electron chi connectivity index (χ1n) is 5.27. The van der Waals surface area contributed by atoms with Crippen molar-refractivity contribution in [1.29, 1.82) is 0 Å². The van der Waals surface area contributed by atoms with Gasteiger partial charge in [0.15, 0.2) is 0 Å². The fourth-order valence-electron chi connectivity index (χ4n) is 1.61. The number of anilines is 1. The van der Waals surface area contributed by atoms with Crippen LogP contribution in [0.4, 0.5) is 23.2 Å². The molecule has 1 aromatic carbocycles. The van der Waals surface area contributed by atoms with E-state index in [2.05, 4.69) is 9.97 Å². The summed E-state index contributed by atoms with van der Waals surface area (Å²) in [5.41, 5.74) is -0.824. The zero-order valence-corrected chi connectivity index (χ0v) is 9.73. The Kier molecular flexibility index (Phi) is 3.17. The van der Waals surface area contributed by atoms with Gasteiger partial charge in [0.05, 0.1) is 16.6 Å². The molecule has 0 aliphatic carbocycles. The molecule has 2 aromatic rings. The van der Waals surface area contributed by atoms with Crippen LogP contribution in [0.25, 0.3) is 10.9 Å². The Bertz CT molecular complexity index is 678. The normalized spacial score (nSPS) is 11.8. The van der Waals surface area contributed by atoms with Crippen LogP contribution in [-0.2, 0) is 0 Å². The molecular formula is C11H9F4N3O. The number of aryl methyl sites for hydroxylation is 1. The number of hydrogen-bond acceptors (Lipinski definition) is 3. The minimum atomic E-state index is -4.47. The third kappa shape index (κ3) is 3.01. The van der Waals surface area contributed by atoms with Crippen molar-refractivity contribution >= 4 is 16.6 Å². The van der Waals surface area contributed by atoms with Gasteiger partial charge in [-0.2, -0.15) is 13.2 Å². The highest BCUT2D eigenvalue weighted by molar-refractivity contribution is 5.81. The van der Waals surface area contributed by atoms with Crippen molar-refractivity contribution in [3.63, 3.8) is 0 Å². The lowest BCUT2D eigenvalue weighted by Gasteiger charge is -2.11. The second-order valence-electron chi connectivity index (χ2n) is 3.97. The Labute approximate surface area is 104 Å². The van der Waals surface area contributed by atoms with E-state index in [0.29, 0.717) is 5.82 Å². The van der Waals surface area contributed by atoms with E-state index in [4.69, 9.17) is 0 Å². The quantitative estimate of drug-likeness (QED) is 0.827. The van der Waals surface area contributed by atoms with E-state index in [9.17, 15) is 22.4 Å². The van der Waals surface area contributed by atoms with Crippen LogP contribution < -0.4 is 10.9 Å². The third-order valence-electron chi connectivity index (χ3n) is 2.39. The minimum Gasteiger partial charge on any atom is -0.374 e. The van der Waals surface area contributed by atoms with Crippen LogP contribution in [0.15, 0.2) is 16.9 Å². The summed E-state index contributed by atoms with van der Waals surface area (Å²) in [4.78, 5) is 17.9. The number of nitrogens with one attached hydrogen (secondary N) is 2. The third-order valence-corrected chi connectivity index (χ3v) is 2.39. The molecule has 2 N–H and O–H groups in total. The first-order valence-corrected chi connectivity index (χ1v) is 5.27. The molecule has 102 valence electrons. The van der Waals surface area contributed by atoms with Gasteiger partial charge in [-0.1, -0.05) is 0 Å². The monoisotopic (exact) mass is 275 g/mol. The average Bonchev–Trinajstić information content (AvgIpc) is 2.25. The van der Waals surface area contributed by atoms with Crippen LogP contribution in [-0.4, -0.2) is 22.7 Å². The van der Waals surface area contributed by atoms with Gasteiger partial charge in [-0.15, -0.1) is 0 Å². The van der Waals surface area contributed by atoms with E-state index >= 15 is 0 Å². The molecule has 19 heavy (non-hydrogen) atoms. The summed E-state index contributed by atoms with van der Waals surface area (Å²) in [5.74, 6) is -0.595. The van der Waals surface area contributed by atoms with Gasteiger partial charge >= 0.3 is 6.18 Å². The van der Waals surface area contributed by atoms with Crippen molar-refractivity contribution in [2.24, 2.45) is 0 Å². The average molecular weight is 275 g/mol. The summed E-state index contributed by atoms with van der Waals surface area (Å²) in [7, 11) is 0. The summed E-state index contributed by atoms with van der Waals surface area (Å²) in [6.45, 7) is 0.140. The second-order valence-corrected chi connectivity index (χ2v) is 3.97. The molecule has 0 fully saturated rings. The number of rotatable bonds is 2. The van der Waals surface area contributed by atoms with Crippen LogP contribution in [0.3, 0.4) is 0 Å². The molecule has 2 rings (SSSR count). The molecule has 8 heteroatoms. The van der Waals surface area contributed by atoms with Crippen molar-refractivity contribution in [2.75, 3.05) is 11.9 Å². The molecule has 0 spiro atoms. The van der Waals surface area contributed by atoms with Gasteiger partial charge in [0.1, 0.15) is 18.2 Å². The van der Waals surface area contributed by atoms with Crippen molar-refractivity contribution in [1.82, 2.24) is 9.97 Å². The number of hydrogen-bond donors (Lipinski definition) is 2. The predicted octanol–water partition coefficient (Wildman–Crippen LogP) is 2.34. The number of nitrogens with zero attached hydrogens (tertiary/aromatic N) is 1. The number of alkyl halides is 3. The molecule has 1 heterocycles. The number of H-pyrrole nitrogens is 1. The van der Waals surface area contributed by atoms with Gasteiger partial charge in [0, 0.05) is 6.07 Å². The van der Waals surface area contributed by atoms with Crippen LogP contribution in [0, 0.1) is 12.7 Å². The van der Waals surface area contributed by atoms with E-state index in [1.54, 1.807) is 0 Å². The highest BCUT2D eigenvalue weighted by atomic mass is 19.4. The highest BCUT2D eigenvalue weighted by Gasteiger charge is 2.27. The number of fused-ring (bicyclic) bond motifs is 1. The van der Waals surface area contributed by atoms with Crippen LogP contribution in [0.2, 0.25) is 0 Å². The summed E-state index contributed by atoms with van der Waals surface area (Å²) in [5, 5.41) is 1.93. The lowest BCUT2D eigenvalue weighted by Crippen LogP contribution is -2.22. The van der Waals surface area contributed by atoms with E-state index in [-0.39, 0.29) is 16.6 Å². The predicted molar refractivity (Wildman–Crippen MR) is 61.6 cm³/mol. The molecule has 1 aromatic heterocycles. The largest absolute Gasteiger partial charge is 0.405 e. The van der Waals surface area contributed by atoms with Gasteiger partial charge in [-0.05, 0) is 13.0 Å². The van der Waals surface area contributed by atoms with Gasteiger partial charge in [-0.3, -0.25) is 4.79 Å². The van der Waals surface area contributed by atoms with Crippen LogP contribution in [0.1, 0.15) is 5.82 Å². The fourth-order valence-corrected chi connectivity index (χ4v) is 1.61. The molecule has 0 radical (unpaired) electrons. The Morgan fingerprint density at radius 3 is 2.68 bits per heavy atom. The van der Waals surface area contributed by atoms with E-state index in [0.717, 1.165) is 12.1 Å². The molecule has 0 atom stereocenters. The molecule has 0 aliphatic heterocycles. The zero-order valence-electron chi connectivity index (χ0n) is 9.73. The van der Waals surface area contributed by atoms with Crippen LogP contribution >= 0.6 is 0 Å². The Morgan fingerprint density at radius 1 is 1.37 bits per heavy atom. The van der Waals surface area contributed by atoms with Crippen LogP contribution in [0.5, 0.6) is 0 Å². The van der Waals surface area contributed by atoms with E-state index < -0.39 is 24.1 Å². The molecule has 0 amide bonds. The standard InChI is InChI=1S/C11H9F4N3O/c1-5-17-8-3-7(12)9(16-4-11(13,14)15)2-6(8)10(19)18-5/h2-3,16H,4H2,1H3,(H,17,18,19). The van der Waals surface area contributed by atoms with Crippen molar-refractivity contribution < 1.29 is 17.6 Å². The molecule has 0 saturated carbocycles. The van der Waals surface area contributed by atoms with E-state index in [1.807, 2.05) is 5.32 Å². The summed E-state index contributed by atoms with van der Waals surface area (Å²) >= 11 is 0. The Balaban J connectivity index is 2.47. The summed E-state index contributed by atoms with van der Waals surface area (Å²) in [6.07, 6.45) is -4.47. The van der Waals surface area contributed by atoms with Gasteiger partial charge in [-0.25, -0.2) is 9.37 Å². The maximum Gasteiger partial charge on any atom is 0.405 e. The zero-order chi connectivity index (χ0) is 14.2. The van der Waals surface area contributed by atoms with E-state index in [1.165, 1.54) is 6.92 Å². The SMILES string of the molecule is Cc1nc2cc(F)c(NCC(F)(F)F)cc2c(=O)[nH]1. The molecule has 0 bridgehead atoms. The molecule has 0 unspecified atom stereocenters. The molecular weight excluding hydrogens is 266 g/mol. The maximum atomic E-state index is 13.6. The topological polar surface area (TPSA) is 57.8 Å². The molecule has 0 aliphatic rings. The highest BCUT2D eigenvalue weighted by Crippen LogP contribution is 2.22.